The zero-order chi connectivity index (χ0) is 19.6. The minimum absolute atomic E-state index is 0.0616. The second-order valence-electron chi connectivity index (χ2n) is 6.00. The van der Waals surface area contributed by atoms with E-state index in [0.717, 1.165) is 0 Å². The van der Waals surface area contributed by atoms with E-state index in [1.165, 1.54) is 29.2 Å². The van der Waals surface area contributed by atoms with Crippen LogP contribution in [0.2, 0.25) is 0 Å². The molecule has 0 bridgehead atoms. The van der Waals surface area contributed by atoms with Gasteiger partial charge in [0.05, 0.1) is 16.5 Å². The minimum Gasteiger partial charge on any atom is -0.507 e. The molecule has 1 aliphatic rings. The average molecular weight is 367 g/mol. The quantitative estimate of drug-likeness (QED) is 0.273. The number of ketones is 1. The number of carbonyl (C=O) groups excluding carboxylic acids is 2. The van der Waals surface area contributed by atoms with Gasteiger partial charge in [0.15, 0.2) is 0 Å². The molecule has 3 rings (SSSR count). The molecule has 0 aromatic heterocycles. The number of likely N-dealkylation sites (tertiary alicyclic amines) is 1. The summed E-state index contributed by atoms with van der Waals surface area (Å²) in [5.74, 6) is -1.87. The van der Waals surface area contributed by atoms with Crippen molar-refractivity contribution in [2.45, 2.75) is 6.04 Å². The highest BCUT2D eigenvalue weighted by molar-refractivity contribution is 6.46. The van der Waals surface area contributed by atoms with Crippen LogP contribution in [0, 0.1) is 10.1 Å². The maximum Gasteiger partial charge on any atom is 0.295 e. The number of nitrogens with two attached hydrogens (primary N) is 1. The molecule has 3 N–H and O–H groups in total. The van der Waals surface area contributed by atoms with Crippen molar-refractivity contribution in [1.29, 1.82) is 0 Å². The molecule has 1 aliphatic heterocycles. The standard InChI is InChI=1S/C19H17N3O5/c20-10-11-21-16(12-6-8-14(9-7-12)22(26)27)15(18(24)19(21)25)17(23)13-4-2-1-3-5-13/h1-9,16,23H,10-11,20H2. The third-order valence-corrected chi connectivity index (χ3v) is 4.38. The number of non-ortho nitro benzene ring substituents is 1. The number of hydrogen-bond acceptors (Lipinski definition) is 6. The lowest BCUT2D eigenvalue weighted by molar-refractivity contribution is -0.384. The third-order valence-electron chi connectivity index (χ3n) is 4.38. The molecule has 1 heterocycles. The van der Waals surface area contributed by atoms with Gasteiger partial charge in [-0.3, -0.25) is 19.7 Å². The van der Waals surface area contributed by atoms with E-state index in [9.17, 15) is 24.8 Å². The Balaban J connectivity index is 2.16. The predicted molar refractivity (Wildman–Crippen MR) is 97.6 cm³/mol. The molecule has 1 unspecified atom stereocenters. The van der Waals surface area contributed by atoms with Crippen molar-refractivity contribution >= 4 is 23.1 Å². The van der Waals surface area contributed by atoms with E-state index in [0.29, 0.717) is 11.1 Å². The second kappa shape index (κ2) is 7.38. The number of aliphatic hydroxyl groups is 1. The van der Waals surface area contributed by atoms with Crippen LogP contribution in [-0.4, -0.2) is 39.7 Å². The Morgan fingerprint density at radius 2 is 1.74 bits per heavy atom. The Labute approximate surface area is 154 Å². The molecule has 27 heavy (non-hydrogen) atoms. The molecule has 8 nitrogen and oxygen atoms in total. The van der Waals surface area contributed by atoms with E-state index in [2.05, 4.69) is 0 Å². The molecule has 2 aromatic carbocycles. The topological polar surface area (TPSA) is 127 Å². The molecule has 0 spiro atoms. The summed E-state index contributed by atoms with van der Waals surface area (Å²) in [5, 5.41) is 21.6. The first-order valence-corrected chi connectivity index (χ1v) is 8.24. The van der Waals surface area contributed by atoms with Crippen LogP contribution in [0.5, 0.6) is 0 Å². The van der Waals surface area contributed by atoms with Crippen LogP contribution in [0.15, 0.2) is 60.2 Å². The molecule has 0 radical (unpaired) electrons. The number of nitrogens with zero attached hydrogens (tertiary/aromatic N) is 2. The van der Waals surface area contributed by atoms with Crippen molar-refractivity contribution in [2.24, 2.45) is 5.73 Å². The molecular formula is C19H17N3O5. The number of nitro benzene ring substituents is 1. The maximum atomic E-state index is 12.6. The highest BCUT2D eigenvalue weighted by Gasteiger charge is 2.45. The van der Waals surface area contributed by atoms with Gasteiger partial charge in [0.1, 0.15) is 5.76 Å². The predicted octanol–water partition coefficient (Wildman–Crippen LogP) is 1.98. The van der Waals surface area contributed by atoms with Crippen molar-refractivity contribution in [3.63, 3.8) is 0 Å². The van der Waals surface area contributed by atoms with E-state index < -0.39 is 22.7 Å². The third kappa shape index (κ3) is 3.30. The number of carbonyl (C=O) groups is 2. The van der Waals surface area contributed by atoms with Crippen molar-refractivity contribution < 1.29 is 19.6 Å². The van der Waals surface area contributed by atoms with Crippen LogP contribution in [-0.2, 0) is 9.59 Å². The summed E-state index contributed by atoms with van der Waals surface area (Å²) in [6.45, 7) is 0.236. The zero-order valence-electron chi connectivity index (χ0n) is 14.2. The van der Waals surface area contributed by atoms with E-state index >= 15 is 0 Å². The maximum absolute atomic E-state index is 12.6. The first kappa shape index (κ1) is 18.3. The number of benzene rings is 2. The summed E-state index contributed by atoms with van der Waals surface area (Å²) >= 11 is 0. The van der Waals surface area contributed by atoms with E-state index in [-0.39, 0.29) is 30.1 Å². The smallest absolute Gasteiger partial charge is 0.295 e. The molecule has 1 atom stereocenters. The average Bonchev–Trinajstić information content (AvgIpc) is 2.93. The fourth-order valence-electron chi connectivity index (χ4n) is 3.13. The monoisotopic (exact) mass is 367 g/mol. The number of nitro groups is 1. The van der Waals surface area contributed by atoms with Gasteiger partial charge in [-0.15, -0.1) is 0 Å². The molecule has 1 amide bonds. The van der Waals surface area contributed by atoms with Gasteiger partial charge < -0.3 is 15.7 Å². The van der Waals surface area contributed by atoms with Crippen molar-refractivity contribution in [3.8, 4) is 0 Å². The molecule has 138 valence electrons. The Kier molecular flexibility index (Phi) is 5.00. The van der Waals surface area contributed by atoms with E-state index in [4.69, 9.17) is 5.73 Å². The number of rotatable bonds is 5. The van der Waals surface area contributed by atoms with Gasteiger partial charge in [0.25, 0.3) is 17.4 Å². The molecular weight excluding hydrogens is 350 g/mol. The van der Waals surface area contributed by atoms with Gasteiger partial charge in [0, 0.05) is 30.8 Å². The second-order valence-corrected chi connectivity index (χ2v) is 6.00. The number of amides is 1. The van der Waals surface area contributed by atoms with Crippen LogP contribution >= 0.6 is 0 Å². The van der Waals surface area contributed by atoms with Crippen LogP contribution < -0.4 is 5.73 Å². The highest BCUT2D eigenvalue weighted by atomic mass is 16.6. The fraction of sp³-hybridized carbons (Fsp3) is 0.158. The molecule has 1 saturated heterocycles. The molecule has 0 aliphatic carbocycles. The summed E-state index contributed by atoms with van der Waals surface area (Å²) in [4.78, 5) is 36.7. The van der Waals surface area contributed by atoms with Gasteiger partial charge in [-0.05, 0) is 17.7 Å². The van der Waals surface area contributed by atoms with E-state index in [1.54, 1.807) is 30.3 Å². The van der Waals surface area contributed by atoms with Crippen LogP contribution in [0.3, 0.4) is 0 Å². The fourth-order valence-corrected chi connectivity index (χ4v) is 3.13. The zero-order valence-corrected chi connectivity index (χ0v) is 14.2. The van der Waals surface area contributed by atoms with Gasteiger partial charge in [0.2, 0.25) is 0 Å². The summed E-state index contributed by atoms with van der Waals surface area (Å²) in [7, 11) is 0. The summed E-state index contributed by atoms with van der Waals surface area (Å²) < 4.78 is 0. The Morgan fingerprint density at radius 3 is 2.30 bits per heavy atom. The summed E-state index contributed by atoms with van der Waals surface area (Å²) in [6.07, 6.45) is 0. The van der Waals surface area contributed by atoms with Crippen molar-refractivity contribution in [2.75, 3.05) is 13.1 Å². The Bertz CT molecular complexity index is 922. The lowest BCUT2D eigenvalue weighted by Crippen LogP contribution is -2.34. The van der Waals surface area contributed by atoms with Crippen LogP contribution in [0.4, 0.5) is 5.69 Å². The lowest BCUT2D eigenvalue weighted by atomic mass is 9.95. The number of aliphatic hydroxyl groups excluding tert-OH is 1. The first-order chi connectivity index (χ1) is 13.0. The molecule has 8 heteroatoms. The lowest BCUT2D eigenvalue weighted by Gasteiger charge is -2.24. The first-order valence-electron chi connectivity index (χ1n) is 8.24. The Morgan fingerprint density at radius 1 is 1.11 bits per heavy atom. The van der Waals surface area contributed by atoms with Crippen molar-refractivity contribution in [3.05, 3.63) is 81.4 Å². The van der Waals surface area contributed by atoms with Gasteiger partial charge in [-0.2, -0.15) is 0 Å². The van der Waals surface area contributed by atoms with Crippen molar-refractivity contribution in [1.82, 2.24) is 4.90 Å². The summed E-state index contributed by atoms with van der Waals surface area (Å²) in [6, 6.07) is 13.1. The molecule has 2 aromatic rings. The van der Waals surface area contributed by atoms with Gasteiger partial charge in [-0.1, -0.05) is 30.3 Å². The van der Waals surface area contributed by atoms with E-state index in [1.807, 2.05) is 0 Å². The Hall–Kier alpha value is -3.52. The normalized spacial score (nSPS) is 18.7. The largest absolute Gasteiger partial charge is 0.507 e. The van der Waals surface area contributed by atoms with Crippen LogP contribution in [0.1, 0.15) is 17.2 Å². The SMILES string of the molecule is NCCN1C(=O)C(=O)C(=C(O)c2ccccc2)C1c1ccc([N+](=O)[O-])cc1. The minimum atomic E-state index is -0.866. The van der Waals surface area contributed by atoms with Crippen LogP contribution in [0.25, 0.3) is 5.76 Å². The molecule has 1 fully saturated rings. The summed E-state index contributed by atoms with van der Waals surface area (Å²) in [5.41, 5.74) is 6.28. The highest BCUT2D eigenvalue weighted by Crippen LogP contribution is 2.39. The van der Waals surface area contributed by atoms with Gasteiger partial charge >= 0.3 is 0 Å². The number of hydrogen-bond donors (Lipinski definition) is 2. The van der Waals surface area contributed by atoms with Gasteiger partial charge in [-0.25, -0.2) is 0 Å². The molecule has 0 saturated carbocycles. The number of Topliss-reactive ketones (excluding diaryl/α,β-unsaturated/α-hetero) is 1.